The zero-order chi connectivity index (χ0) is 24.2. The second-order valence-electron chi connectivity index (χ2n) is 9.36. The summed E-state index contributed by atoms with van der Waals surface area (Å²) in [5.74, 6) is 3.94. The van der Waals surface area contributed by atoms with Crippen molar-refractivity contribution in [1.82, 2.24) is 5.32 Å². The summed E-state index contributed by atoms with van der Waals surface area (Å²) >= 11 is 0. The van der Waals surface area contributed by atoms with Gasteiger partial charge in [-0.2, -0.15) is 0 Å². The molecule has 0 aromatic carbocycles. The Morgan fingerprint density at radius 2 is 1.29 bits per heavy atom. The van der Waals surface area contributed by atoms with Gasteiger partial charge in [0.25, 0.3) is 0 Å². The van der Waals surface area contributed by atoms with Crippen LogP contribution in [-0.2, 0) is 14.3 Å². The van der Waals surface area contributed by atoms with Crippen LogP contribution in [0, 0.1) is 29.6 Å². The maximum absolute atomic E-state index is 10.6. The second-order valence-corrected chi connectivity index (χ2v) is 9.36. The lowest BCUT2D eigenvalue weighted by Crippen LogP contribution is -2.24. The molecular weight excluding hydrogens is 386 g/mol. The first-order valence-corrected chi connectivity index (χ1v) is 13.3. The van der Waals surface area contributed by atoms with E-state index >= 15 is 0 Å². The molecule has 0 saturated carbocycles. The van der Waals surface area contributed by atoms with Gasteiger partial charge in [-0.15, -0.1) is 0 Å². The average molecular weight is 444 g/mol. The molecular formula is C27H57NO3. The van der Waals surface area contributed by atoms with Crippen molar-refractivity contribution in [3.8, 4) is 0 Å². The molecule has 1 amide bonds. The van der Waals surface area contributed by atoms with Crippen LogP contribution in [0.3, 0.4) is 0 Å². The highest BCUT2D eigenvalue weighted by molar-refractivity contribution is 5.78. The van der Waals surface area contributed by atoms with Crippen molar-refractivity contribution in [2.75, 3.05) is 26.4 Å². The van der Waals surface area contributed by atoms with E-state index in [9.17, 15) is 4.79 Å². The van der Waals surface area contributed by atoms with Gasteiger partial charge in [-0.05, 0) is 61.7 Å². The predicted molar refractivity (Wildman–Crippen MR) is 135 cm³/mol. The fraction of sp³-hybridized carbons (Fsp3) is 0.963. The number of carbonyl (C=O) groups is 1. The van der Waals surface area contributed by atoms with Gasteiger partial charge in [0.05, 0.1) is 6.10 Å². The summed E-state index contributed by atoms with van der Waals surface area (Å²) in [5.41, 5.74) is 0. The van der Waals surface area contributed by atoms with E-state index in [1.807, 2.05) is 27.7 Å². The zero-order valence-electron chi connectivity index (χ0n) is 22.8. The van der Waals surface area contributed by atoms with Crippen LogP contribution in [0.15, 0.2) is 0 Å². The van der Waals surface area contributed by atoms with Crippen LogP contribution in [0.5, 0.6) is 0 Å². The molecule has 2 atom stereocenters. The summed E-state index contributed by atoms with van der Waals surface area (Å²) in [4.78, 5) is 10.6. The lowest BCUT2D eigenvalue weighted by molar-refractivity contribution is -0.119. The minimum absolute atomic E-state index is 0.216. The summed E-state index contributed by atoms with van der Waals surface area (Å²) in [6.45, 7) is 25.2. The van der Waals surface area contributed by atoms with Gasteiger partial charge in [-0.3, -0.25) is 4.79 Å². The van der Waals surface area contributed by atoms with Crippen molar-refractivity contribution in [2.45, 2.75) is 114 Å². The van der Waals surface area contributed by atoms with Crippen molar-refractivity contribution in [3.63, 3.8) is 0 Å². The number of ether oxygens (including phenoxy) is 2. The van der Waals surface area contributed by atoms with E-state index in [-0.39, 0.29) is 5.91 Å². The van der Waals surface area contributed by atoms with Gasteiger partial charge >= 0.3 is 0 Å². The standard InChI is InChI=1S/2C8H16O.C7H13NO.2C2H6/c1-7(2)8-3-5-9-6-4-8;1-7(2)8-5-3-4-6-9-8;1-5(2)6-3-7(9)8-4-6;2*1-2/h2*7-8H,3-6H2,1-2H3;5-6H,3-4H2,1-2H3,(H,8,9);2*1-2H3. The molecule has 3 rings (SSSR count). The van der Waals surface area contributed by atoms with Crippen molar-refractivity contribution < 1.29 is 14.3 Å². The van der Waals surface area contributed by atoms with Crippen molar-refractivity contribution in [2.24, 2.45) is 29.6 Å². The van der Waals surface area contributed by atoms with Crippen LogP contribution in [0.4, 0.5) is 0 Å². The van der Waals surface area contributed by atoms with Gasteiger partial charge in [0.1, 0.15) is 0 Å². The maximum atomic E-state index is 10.6. The number of rotatable bonds is 3. The van der Waals surface area contributed by atoms with Crippen LogP contribution in [-0.4, -0.2) is 38.4 Å². The summed E-state index contributed by atoms with van der Waals surface area (Å²) in [6.07, 6.45) is 7.75. The lowest BCUT2D eigenvalue weighted by Gasteiger charge is -2.25. The predicted octanol–water partition coefficient (Wildman–Crippen LogP) is 7.11. The third-order valence-corrected chi connectivity index (χ3v) is 6.12. The minimum atomic E-state index is 0.216. The first-order valence-electron chi connectivity index (χ1n) is 13.3. The van der Waals surface area contributed by atoms with E-state index in [0.29, 0.717) is 23.9 Å². The van der Waals surface area contributed by atoms with Gasteiger partial charge in [-0.1, -0.05) is 69.2 Å². The van der Waals surface area contributed by atoms with Crippen molar-refractivity contribution in [3.05, 3.63) is 0 Å². The normalized spacial score (nSPS) is 23.3. The lowest BCUT2D eigenvalue weighted by atomic mass is 9.89. The molecule has 3 aliphatic heterocycles. The highest BCUT2D eigenvalue weighted by Crippen LogP contribution is 2.22. The molecule has 0 aromatic heterocycles. The molecule has 3 fully saturated rings. The van der Waals surface area contributed by atoms with Gasteiger partial charge < -0.3 is 14.8 Å². The zero-order valence-corrected chi connectivity index (χ0v) is 22.8. The summed E-state index contributed by atoms with van der Waals surface area (Å²) in [5, 5.41) is 2.81. The molecule has 3 aliphatic rings. The quantitative estimate of drug-likeness (QED) is 0.505. The highest BCUT2D eigenvalue weighted by atomic mass is 16.5. The Kier molecular flexibility index (Phi) is 22.3. The Morgan fingerprint density at radius 3 is 1.55 bits per heavy atom. The van der Waals surface area contributed by atoms with Crippen LogP contribution in [0.25, 0.3) is 0 Å². The Hall–Kier alpha value is -0.610. The molecule has 4 nitrogen and oxygen atoms in total. The van der Waals surface area contributed by atoms with Gasteiger partial charge in [0.15, 0.2) is 0 Å². The van der Waals surface area contributed by atoms with E-state index in [4.69, 9.17) is 9.47 Å². The van der Waals surface area contributed by atoms with Crippen LogP contribution in [0.2, 0.25) is 0 Å². The monoisotopic (exact) mass is 443 g/mol. The Labute approximate surface area is 195 Å². The van der Waals surface area contributed by atoms with E-state index in [2.05, 4.69) is 46.9 Å². The molecule has 0 aromatic rings. The molecule has 0 aliphatic carbocycles. The van der Waals surface area contributed by atoms with Crippen molar-refractivity contribution in [1.29, 1.82) is 0 Å². The molecule has 0 spiro atoms. The molecule has 3 heterocycles. The van der Waals surface area contributed by atoms with E-state index in [1.54, 1.807) is 0 Å². The van der Waals surface area contributed by atoms with Gasteiger partial charge in [0, 0.05) is 32.8 Å². The maximum Gasteiger partial charge on any atom is 0.220 e. The molecule has 31 heavy (non-hydrogen) atoms. The molecule has 3 saturated heterocycles. The minimum Gasteiger partial charge on any atom is -0.381 e. The number of nitrogens with one attached hydrogen (secondary N) is 1. The second kappa shape index (κ2) is 21.2. The highest BCUT2D eigenvalue weighted by Gasteiger charge is 2.23. The molecule has 188 valence electrons. The first kappa shape index (κ1) is 32.6. The molecule has 0 bridgehead atoms. The SMILES string of the molecule is CC.CC.CC(C)C1CCCCO1.CC(C)C1CCOCC1.CC(C)C1CNC(=O)C1. The number of hydrogen-bond donors (Lipinski definition) is 1. The molecule has 2 unspecified atom stereocenters. The van der Waals surface area contributed by atoms with Gasteiger partial charge in [-0.25, -0.2) is 0 Å². The third kappa shape index (κ3) is 16.7. The number of amides is 1. The van der Waals surface area contributed by atoms with Crippen molar-refractivity contribution >= 4 is 5.91 Å². The molecule has 4 heteroatoms. The topological polar surface area (TPSA) is 47.6 Å². The van der Waals surface area contributed by atoms with E-state index in [1.165, 1.54) is 32.1 Å². The number of carbonyl (C=O) groups excluding carboxylic acids is 1. The van der Waals surface area contributed by atoms with Gasteiger partial charge in [0.2, 0.25) is 5.91 Å². The van der Waals surface area contributed by atoms with E-state index < -0.39 is 0 Å². The summed E-state index contributed by atoms with van der Waals surface area (Å²) in [7, 11) is 0. The third-order valence-electron chi connectivity index (χ3n) is 6.12. The number of hydrogen-bond acceptors (Lipinski definition) is 3. The Balaban J connectivity index is 0. The summed E-state index contributed by atoms with van der Waals surface area (Å²) in [6, 6.07) is 0. The molecule has 0 radical (unpaired) electrons. The largest absolute Gasteiger partial charge is 0.381 e. The Morgan fingerprint density at radius 1 is 0.742 bits per heavy atom. The Bertz CT molecular complexity index is 362. The fourth-order valence-corrected chi connectivity index (χ4v) is 3.77. The van der Waals surface area contributed by atoms with Crippen LogP contribution >= 0.6 is 0 Å². The first-order chi connectivity index (χ1) is 14.8. The molecule has 1 N–H and O–H groups in total. The summed E-state index contributed by atoms with van der Waals surface area (Å²) < 4.78 is 10.8. The fourth-order valence-electron chi connectivity index (χ4n) is 3.77. The van der Waals surface area contributed by atoms with Crippen LogP contribution in [0.1, 0.15) is 108 Å². The van der Waals surface area contributed by atoms with E-state index in [0.717, 1.165) is 44.6 Å². The van der Waals surface area contributed by atoms with Crippen LogP contribution < -0.4 is 5.32 Å². The smallest absolute Gasteiger partial charge is 0.220 e. The average Bonchev–Trinajstić information content (AvgIpc) is 3.25.